The van der Waals surface area contributed by atoms with Crippen LogP contribution in [0.1, 0.15) is 22.3 Å². The van der Waals surface area contributed by atoms with Crippen LogP contribution in [0.5, 0.6) is 0 Å². The minimum Gasteiger partial charge on any atom is -0.278 e. The maximum absolute atomic E-state index is 14.9. The highest BCUT2D eigenvalue weighted by molar-refractivity contribution is 5.79. The average molecular weight is 528 g/mol. The quantitative estimate of drug-likeness (QED) is 0.214. The summed E-state index contributed by atoms with van der Waals surface area (Å²) < 4.78 is 57.4. The zero-order valence-corrected chi connectivity index (χ0v) is 21.9. The molecule has 5 aromatic rings. The normalized spacial score (nSPS) is 11.1. The van der Waals surface area contributed by atoms with E-state index in [9.17, 15) is 17.6 Å². The second-order valence-corrected chi connectivity index (χ2v) is 9.50. The summed E-state index contributed by atoms with van der Waals surface area (Å²) in [5, 5.41) is 0. The number of pyridine rings is 2. The van der Waals surface area contributed by atoms with E-state index in [1.54, 1.807) is 50.2 Å². The first-order valence-corrected chi connectivity index (χ1v) is 12.4. The van der Waals surface area contributed by atoms with Crippen LogP contribution in [0.3, 0.4) is 0 Å². The molecule has 0 aliphatic rings. The first-order chi connectivity index (χ1) is 18.6. The summed E-state index contributed by atoms with van der Waals surface area (Å²) >= 11 is 0. The summed E-state index contributed by atoms with van der Waals surface area (Å²) in [7, 11) is 0. The van der Waals surface area contributed by atoms with Crippen LogP contribution in [0.2, 0.25) is 0 Å². The Kier molecular flexibility index (Phi) is 6.91. The van der Waals surface area contributed by atoms with E-state index in [2.05, 4.69) is 0 Å². The molecule has 0 aliphatic heterocycles. The Labute approximate surface area is 224 Å². The third kappa shape index (κ3) is 5.00. The Balaban J connectivity index is 1.73. The van der Waals surface area contributed by atoms with E-state index in [1.807, 2.05) is 36.9 Å². The number of rotatable bonds is 5. The standard InChI is InChI=1S/C32H25F4N3/c1-18-8-5-9-19(2)32(18)39(28-12-6-10-26(37-28)30-20(3)14-22(33)16-24(30)35)29-13-7-11-27(38-29)31-21(4)15-23(34)17-25(31)36/h5-17H,1-4H3. The molecule has 3 nitrogen and oxygen atoms in total. The third-order valence-corrected chi connectivity index (χ3v) is 6.61. The van der Waals surface area contributed by atoms with Crippen molar-refractivity contribution in [2.75, 3.05) is 4.90 Å². The molecule has 2 heterocycles. The largest absolute Gasteiger partial charge is 0.278 e. The molecular formula is C32H25F4N3. The molecule has 0 saturated carbocycles. The Hall–Kier alpha value is -4.52. The van der Waals surface area contributed by atoms with E-state index in [-0.39, 0.29) is 11.1 Å². The summed E-state index contributed by atoms with van der Waals surface area (Å²) in [5.41, 5.74) is 4.56. The topological polar surface area (TPSA) is 29.0 Å². The smallest absolute Gasteiger partial charge is 0.139 e. The highest BCUT2D eigenvalue weighted by Gasteiger charge is 2.22. The van der Waals surface area contributed by atoms with Gasteiger partial charge in [0.25, 0.3) is 0 Å². The van der Waals surface area contributed by atoms with Gasteiger partial charge in [-0.1, -0.05) is 30.3 Å². The lowest BCUT2D eigenvalue weighted by Crippen LogP contribution is -2.16. The van der Waals surface area contributed by atoms with E-state index < -0.39 is 23.3 Å². The van der Waals surface area contributed by atoms with E-state index in [4.69, 9.17) is 9.97 Å². The van der Waals surface area contributed by atoms with Gasteiger partial charge in [0.05, 0.1) is 17.1 Å². The van der Waals surface area contributed by atoms with Crippen molar-refractivity contribution in [3.05, 3.63) is 124 Å². The van der Waals surface area contributed by atoms with Gasteiger partial charge in [0, 0.05) is 23.3 Å². The van der Waals surface area contributed by atoms with Crippen LogP contribution in [0.25, 0.3) is 22.5 Å². The average Bonchev–Trinajstić information content (AvgIpc) is 2.85. The molecule has 0 spiro atoms. The Morgan fingerprint density at radius 2 is 0.923 bits per heavy atom. The first-order valence-electron chi connectivity index (χ1n) is 12.4. The van der Waals surface area contributed by atoms with Crippen molar-refractivity contribution in [1.29, 1.82) is 0 Å². The lowest BCUT2D eigenvalue weighted by atomic mass is 10.0. The maximum Gasteiger partial charge on any atom is 0.139 e. The van der Waals surface area contributed by atoms with Crippen LogP contribution >= 0.6 is 0 Å². The second kappa shape index (κ2) is 10.3. The van der Waals surface area contributed by atoms with Crippen molar-refractivity contribution in [2.45, 2.75) is 27.7 Å². The molecule has 0 fully saturated rings. The number of nitrogens with zero attached hydrogens (tertiary/aromatic N) is 3. The number of benzene rings is 3. The molecular weight excluding hydrogens is 502 g/mol. The molecule has 0 amide bonds. The number of aromatic nitrogens is 2. The molecule has 0 radical (unpaired) electrons. The fourth-order valence-electron chi connectivity index (χ4n) is 4.93. The van der Waals surface area contributed by atoms with Crippen molar-refractivity contribution >= 4 is 17.3 Å². The van der Waals surface area contributed by atoms with Crippen LogP contribution in [-0.4, -0.2) is 9.97 Å². The number of anilines is 3. The fraction of sp³-hybridized carbons (Fsp3) is 0.125. The summed E-state index contributed by atoms with van der Waals surface area (Å²) in [6.07, 6.45) is 0. The molecule has 5 rings (SSSR count). The predicted octanol–water partition coefficient (Wildman–Crippen LogP) is 9.07. The first kappa shape index (κ1) is 26.1. The van der Waals surface area contributed by atoms with Gasteiger partial charge in [-0.3, -0.25) is 4.90 Å². The molecule has 7 heteroatoms. The highest BCUT2D eigenvalue weighted by Crippen LogP contribution is 2.39. The molecule has 39 heavy (non-hydrogen) atoms. The molecule has 2 aromatic heterocycles. The van der Waals surface area contributed by atoms with Crippen LogP contribution in [0.4, 0.5) is 34.9 Å². The number of para-hydroxylation sites is 1. The molecule has 0 saturated heterocycles. The monoisotopic (exact) mass is 527 g/mol. The molecule has 3 aromatic carbocycles. The van der Waals surface area contributed by atoms with E-state index in [1.165, 1.54) is 12.1 Å². The van der Waals surface area contributed by atoms with Gasteiger partial charge in [-0.15, -0.1) is 0 Å². The molecule has 0 N–H and O–H groups in total. The molecule has 0 bridgehead atoms. The van der Waals surface area contributed by atoms with Crippen LogP contribution in [-0.2, 0) is 0 Å². The summed E-state index contributed by atoms with van der Waals surface area (Å²) in [5.74, 6) is -1.86. The summed E-state index contributed by atoms with van der Waals surface area (Å²) in [4.78, 5) is 11.4. The Bertz CT molecular complexity index is 1550. The van der Waals surface area contributed by atoms with Gasteiger partial charge in [0.1, 0.15) is 34.9 Å². The minimum absolute atomic E-state index is 0.199. The second-order valence-electron chi connectivity index (χ2n) is 9.50. The summed E-state index contributed by atoms with van der Waals surface area (Å²) in [6.45, 7) is 7.17. The van der Waals surface area contributed by atoms with Gasteiger partial charge in [0.2, 0.25) is 0 Å². The SMILES string of the molecule is Cc1cc(F)cc(F)c1-c1cccc(N(c2cccc(-c3c(C)cc(F)cc3F)n2)c2c(C)cccc2C)n1. The van der Waals surface area contributed by atoms with E-state index in [0.717, 1.165) is 28.9 Å². The number of hydrogen-bond acceptors (Lipinski definition) is 3. The van der Waals surface area contributed by atoms with E-state index in [0.29, 0.717) is 34.2 Å². The Morgan fingerprint density at radius 3 is 1.33 bits per heavy atom. The number of halogens is 4. The van der Waals surface area contributed by atoms with E-state index >= 15 is 0 Å². The molecule has 0 unspecified atom stereocenters. The fourth-order valence-corrected chi connectivity index (χ4v) is 4.93. The number of aryl methyl sites for hydroxylation is 4. The number of hydrogen-bond donors (Lipinski definition) is 0. The van der Waals surface area contributed by atoms with Gasteiger partial charge >= 0.3 is 0 Å². The molecule has 196 valence electrons. The van der Waals surface area contributed by atoms with Crippen molar-refractivity contribution in [3.63, 3.8) is 0 Å². The Morgan fingerprint density at radius 1 is 0.513 bits per heavy atom. The van der Waals surface area contributed by atoms with Gasteiger partial charge in [0.15, 0.2) is 0 Å². The highest BCUT2D eigenvalue weighted by atomic mass is 19.1. The zero-order valence-electron chi connectivity index (χ0n) is 21.9. The van der Waals surface area contributed by atoms with Crippen LogP contribution < -0.4 is 4.90 Å². The van der Waals surface area contributed by atoms with Crippen molar-refractivity contribution in [2.24, 2.45) is 0 Å². The maximum atomic E-state index is 14.9. The molecule has 0 aliphatic carbocycles. The minimum atomic E-state index is -0.710. The van der Waals surface area contributed by atoms with Gasteiger partial charge in [-0.25, -0.2) is 27.5 Å². The van der Waals surface area contributed by atoms with Crippen molar-refractivity contribution in [3.8, 4) is 22.5 Å². The van der Waals surface area contributed by atoms with Crippen LogP contribution in [0.15, 0.2) is 78.9 Å². The third-order valence-electron chi connectivity index (χ3n) is 6.61. The predicted molar refractivity (Wildman–Crippen MR) is 146 cm³/mol. The molecule has 0 atom stereocenters. The lowest BCUT2D eigenvalue weighted by Gasteiger charge is -2.27. The lowest BCUT2D eigenvalue weighted by molar-refractivity contribution is 0.582. The van der Waals surface area contributed by atoms with Crippen molar-refractivity contribution in [1.82, 2.24) is 9.97 Å². The summed E-state index contributed by atoms with van der Waals surface area (Å²) in [6, 6.07) is 20.4. The van der Waals surface area contributed by atoms with Gasteiger partial charge in [-0.05, 0) is 86.3 Å². The van der Waals surface area contributed by atoms with Crippen LogP contribution in [0, 0.1) is 51.0 Å². The zero-order chi connectivity index (χ0) is 27.8. The van der Waals surface area contributed by atoms with Crippen molar-refractivity contribution < 1.29 is 17.6 Å². The van der Waals surface area contributed by atoms with Gasteiger partial charge in [-0.2, -0.15) is 0 Å². The van der Waals surface area contributed by atoms with Gasteiger partial charge < -0.3 is 0 Å².